The molecule has 0 spiro atoms. The highest BCUT2D eigenvalue weighted by Crippen LogP contribution is 2.34. The summed E-state index contributed by atoms with van der Waals surface area (Å²) < 4.78 is 40.1. The molecule has 1 fully saturated rings. The standard InChI is InChI=1S/C18H17ClF3N7/c1-12-25-15(10-16(26-12)29-4-2-3-24-29)27-5-7-28(8-6-27)17-14(19)9-13(11-23-17)18(20,21)22/h2-4,9-11H,5-8H2,1H3. The van der Waals surface area contributed by atoms with Gasteiger partial charge in [-0.3, -0.25) is 0 Å². The fourth-order valence-electron chi connectivity index (χ4n) is 3.19. The quantitative estimate of drug-likeness (QED) is 0.643. The van der Waals surface area contributed by atoms with Crippen molar-refractivity contribution in [2.45, 2.75) is 13.1 Å². The topological polar surface area (TPSA) is 63.0 Å². The minimum Gasteiger partial charge on any atom is -0.353 e. The van der Waals surface area contributed by atoms with Crippen molar-refractivity contribution >= 4 is 23.2 Å². The van der Waals surface area contributed by atoms with Crippen LogP contribution in [0.1, 0.15) is 11.4 Å². The van der Waals surface area contributed by atoms with Crippen molar-refractivity contribution in [1.82, 2.24) is 24.7 Å². The van der Waals surface area contributed by atoms with Gasteiger partial charge >= 0.3 is 6.18 Å². The molecule has 0 bridgehead atoms. The van der Waals surface area contributed by atoms with Crippen LogP contribution in [-0.2, 0) is 6.18 Å². The Morgan fingerprint density at radius 1 is 1.00 bits per heavy atom. The number of pyridine rings is 1. The molecule has 0 aliphatic carbocycles. The van der Waals surface area contributed by atoms with E-state index < -0.39 is 11.7 Å². The normalized spacial score (nSPS) is 15.1. The van der Waals surface area contributed by atoms with Crippen LogP contribution in [0.3, 0.4) is 0 Å². The van der Waals surface area contributed by atoms with Gasteiger partial charge in [-0.05, 0) is 19.1 Å². The van der Waals surface area contributed by atoms with Gasteiger partial charge in [-0.25, -0.2) is 19.6 Å². The van der Waals surface area contributed by atoms with Crippen LogP contribution in [-0.4, -0.2) is 50.9 Å². The number of rotatable bonds is 3. The maximum Gasteiger partial charge on any atom is 0.417 e. The van der Waals surface area contributed by atoms with Gasteiger partial charge in [0, 0.05) is 50.8 Å². The van der Waals surface area contributed by atoms with E-state index in [0.717, 1.165) is 18.1 Å². The van der Waals surface area contributed by atoms with E-state index in [1.54, 1.807) is 10.9 Å². The third-order valence-corrected chi connectivity index (χ3v) is 4.88. The molecule has 7 nitrogen and oxygen atoms in total. The second kappa shape index (κ2) is 7.51. The molecule has 0 radical (unpaired) electrons. The summed E-state index contributed by atoms with van der Waals surface area (Å²) in [5.41, 5.74) is -0.854. The lowest BCUT2D eigenvalue weighted by Crippen LogP contribution is -2.47. The fraction of sp³-hybridized carbons (Fsp3) is 0.333. The minimum absolute atomic E-state index is 0.00729. The highest BCUT2D eigenvalue weighted by atomic mass is 35.5. The van der Waals surface area contributed by atoms with E-state index in [0.29, 0.717) is 43.6 Å². The van der Waals surface area contributed by atoms with E-state index in [-0.39, 0.29) is 5.02 Å². The predicted molar refractivity (Wildman–Crippen MR) is 103 cm³/mol. The van der Waals surface area contributed by atoms with Crippen molar-refractivity contribution in [3.63, 3.8) is 0 Å². The molecule has 1 saturated heterocycles. The van der Waals surface area contributed by atoms with Gasteiger partial charge in [0.05, 0.1) is 10.6 Å². The largest absolute Gasteiger partial charge is 0.417 e. The van der Waals surface area contributed by atoms with E-state index in [1.165, 1.54) is 0 Å². The van der Waals surface area contributed by atoms with Crippen LogP contribution in [0.25, 0.3) is 5.82 Å². The average molecular weight is 424 g/mol. The van der Waals surface area contributed by atoms with E-state index in [1.807, 2.05) is 30.2 Å². The lowest BCUT2D eigenvalue weighted by molar-refractivity contribution is -0.137. The molecule has 0 aromatic carbocycles. The minimum atomic E-state index is -4.47. The van der Waals surface area contributed by atoms with Crippen LogP contribution >= 0.6 is 11.6 Å². The van der Waals surface area contributed by atoms with Crippen molar-refractivity contribution in [2.24, 2.45) is 0 Å². The SMILES string of the molecule is Cc1nc(N2CCN(c3ncc(C(F)(F)F)cc3Cl)CC2)cc(-n2cccn2)n1. The molecule has 152 valence electrons. The van der Waals surface area contributed by atoms with Gasteiger partial charge < -0.3 is 9.80 Å². The summed E-state index contributed by atoms with van der Waals surface area (Å²) >= 11 is 6.07. The van der Waals surface area contributed by atoms with Gasteiger partial charge in [0.25, 0.3) is 0 Å². The molecule has 29 heavy (non-hydrogen) atoms. The van der Waals surface area contributed by atoms with Crippen molar-refractivity contribution in [2.75, 3.05) is 36.0 Å². The number of nitrogens with zero attached hydrogens (tertiary/aromatic N) is 7. The Morgan fingerprint density at radius 3 is 2.31 bits per heavy atom. The van der Waals surface area contributed by atoms with E-state index in [9.17, 15) is 13.2 Å². The second-order valence-electron chi connectivity index (χ2n) is 6.58. The van der Waals surface area contributed by atoms with Crippen molar-refractivity contribution in [3.8, 4) is 5.82 Å². The first-order valence-corrected chi connectivity index (χ1v) is 9.27. The smallest absolute Gasteiger partial charge is 0.353 e. The van der Waals surface area contributed by atoms with Crippen LogP contribution in [0.2, 0.25) is 5.02 Å². The molecule has 0 saturated carbocycles. The number of aryl methyl sites for hydroxylation is 1. The highest BCUT2D eigenvalue weighted by Gasteiger charge is 2.32. The molecule has 4 heterocycles. The summed E-state index contributed by atoms with van der Waals surface area (Å²) in [5, 5.41) is 4.19. The lowest BCUT2D eigenvalue weighted by atomic mass is 10.2. The molecule has 3 aromatic heterocycles. The Morgan fingerprint density at radius 2 is 1.69 bits per heavy atom. The molecule has 3 aromatic rings. The zero-order chi connectivity index (χ0) is 20.6. The number of piperazine rings is 1. The van der Waals surface area contributed by atoms with Crippen LogP contribution in [0, 0.1) is 6.92 Å². The first-order chi connectivity index (χ1) is 13.8. The van der Waals surface area contributed by atoms with Gasteiger partial charge in [-0.15, -0.1) is 0 Å². The monoisotopic (exact) mass is 423 g/mol. The summed E-state index contributed by atoms with van der Waals surface area (Å²) in [7, 11) is 0. The Hall–Kier alpha value is -2.88. The number of alkyl halides is 3. The van der Waals surface area contributed by atoms with Gasteiger partial charge in [-0.2, -0.15) is 18.3 Å². The van der Waals surface area contributed by atoms with E-state index in [4.69, 9.17) is 11.6 Å². The van der Waals surface area contributed by atoms with Crippen molar-refractivity contribution in [1.29, 1.82) is 0 Å². The molecule has 0 unspecified atom stereocenters. The van der Waals surface area contributed by atoms with Crippen LogP contribution in [0.5, 0.6) is 0 Å². The number of hydrogen-bond donors (Lipinski definition) is 0. The third kappa shape index (κ3) is 4.12. The summed E-state index contributed by atoms with van der Waals surface area (Å²) in [6.45, 7) is 4.16. The molecule has 4 rings (SSSR count). The first-order valence-electron chi connectivity index (χ1n) is 8.89. The third-order valence-electron chi connectivity index (χ3n) is 4.60. The Bertz CT molecular complexity index is 999. The Balaban J connectivity index is 1.49. The lowest BCUT2D eigenvalue weighted by Gasteiger charge is -2.36. The van der Waals surface area contributed by atoms with E-state index in [2.05, 4.69) is 25.0 Å². The van der Waals surface area contributed by atoms with Crippen LogP contribution in [0.4, 0.5) is 24.8 Å². The Kier molecular flexibility index (Phi) is 5.03. The number of halogens is 4. The second-order valence-corrected chi connectivity index (χ2v) is 6.99. The number of hydrogen-bond acceptors (Lipinski definition) is 6. The van der Waals surface area contributed by atoms with Crippen LogP contribution in [0.15, 0.2) is 36.8 Å². The Labute approximate surface area is 169 Å². The van der Waals surface area contributed by atoms with Gasteiger partial charge in [0.1, 0.15) is 17.5 Å². The van der Waals surface area contributed by atoms with E-state index >= 15 is 0 Å². The molecule has 1 aliphatic rings. The number of anilines is 2. The zero-order valence-electron chi connectivity index (χ0n) is 15.4. The average Bonchev–Trinajstić information content (AvgIpc) is 3.22. The van der Waals surface area contributed by atoms with Crippen molar-refractivity contribution < 1.29 is 13.2 Å². The van der Waals surface area contributed by atoms with Crippen LogP contribution < -0.4 is 9.80 Å². The molecule has 1 aliphatic heterocycles. The number of aromatic nitrogens is 5. The molecule has 0 amide bonds. The maximum absolute atomic E-state index is 12.8. The summed E-state index contributed by atoms with van der Waals surface area (Å²) in [6, 6.07) is 4.59. The predicted octanol–water partition coefficient (Wildman–Crippen LogP) is 3.36. The molecule has 0 N–H and O–H groups in total. The first kappa shape index (κ1) is 19.4. The molecular weight excluding hydrogens is 407 g/mol. The molecule has 11 heteroatoms. The fourth-order valence-corrected chi connectivity index (χ4v) is 3.47. The van der Waals surface area contributed by atoms with Gasteiger partial charge in [0.15, 0.2) is 5.82 Å². The molecular formula is C18H17ClF3N7. The van der Waals surface area contributed by atoms with Gasteiger partial charge in [-0.1, -0.05) is 11.6 Å². The molecule has 0 atom stereocenters. The highest BCUT2D eigenvalue weighted by molar-refractivity contribution is 6.33. The summed E-state index contributed by atoms with van der Waals surface area (Å²) in [5.74, 6) is 2.43. The summed E-state index contributed by atoms with van der Waals surface area (Å²) in [4.78, 5) is 16.8. The van der Waals surface area contributed by atoms with Gasteiger partial charge in [0.2, 0.25) is 0 Å². The summed E-state index contributed by atoms with van der Waals surface area (Å²) in [6.07, 6.45) is -0.165. The zero-order valence-corrected chi connectivity index (χ0v) is 16.2. The van der Waals surface area contributed by atoms with Crippen molar-refractivity contribution in [3.05, 3.63) is 53.2 Å². The maximum atomic E-state index is 12.8.